The first-order valence-electron chi connectivity index (χ1n) is 29.2. The zero-order valence-electron chi connectivity index (χ0n) is 48.7. The summed E-state index contributed by atoms with van der Waals surface area (Å²) in [5, 5.41) is 24.6. The van der Waals surface area contributed by atoms with Gasteiger partial charge in [0.25, 0.3) is 7.82 Å². The molecule has 0 radical (unpaired) electrons. The molecule has 9 nitrogen and oxygen atoms in total. The van der Waals surface area contributed by atoms with Gasteiger partial charge in [-0.05, 0) is 148 Å². The first kappa shape index (κ1) is 72.6. The normalized spacial score (nSPS) is 15.6. The fourth-order valence-corrected chi connectivity index (χ4v) is 7.94. The van der Waals surface area contributed by atoms with Crippen LogP contribution >= 0.6 is 7.82 Å². The van der Waals surface area contributed by atoms with Crippen LogP contribution in [0.5, 0.6) is 0 Å². The third-order valence-electron chi connectivity index (χ3n) is 11.8. The van der Waals surface area contributed by atoms with Crippen LogP contribution in [0.2, 0.25) is 0 Å². The van der Waals surface area contributed by atoms with Gasteiger partial charge in [0.05, 0.1) is 39.9 Å². The van der Waals surface area contributed by atoms with Gasteiger partial charge in [0.15, 0.2) is 0 Å². The fourth-order valence-electron chi connectivity index (χ4n) is 7.21. The predicted molar refractivity (Wildman–Crippen MR) is 330 cm³/mol. The van der Waals surface area contributed by atoms with E-state index in [1.54, 1.807) is 0 Å². The lowest BCUT2D eigenvalue weighted by Gasteiger charge is -2.31. The summed E-state index contributed by atoms with van der Waals surface area (Å²) < 4.78 is 23.2. The number of phosphoric acid groups is 1. The average molecular weight is 1080 g/mol. The SMILES string of the molecule is C/C=C/CC/C=C/CC/C=C/CCCC(O)C(O)C(COP(=O)([O-])OCC[N+](C)(C)C)NC(=O)CCCCCC/C=C\C/C=C\C/C=C\C/C=C\C/C=C\C/C=C\C/C=C\C/C=C\C/C=C\C/C=C\C/C=C\C/C=C\CC. The summed E-state index contributed by atoms with van der Waals surface area (Å²) in [6.45, 7) is 4.02. The van der Waals surface area contributed by atoms with Gasteiger partial charge in [-0.3, -0.25) is 9.36 Å². The van der Waals surface area contributed by atoms with Crippen LogP contribution in [0.15, 0.2) is 182 Å². The quantitative estimate of drug-likeness (QED) is 0.0240. The molecular weight excluding hydrogens is 976 g/mol. The van der Waals surface area contributed by atoms with Crippen LogP contribution < -0.4 is 10.2 Å². The van der Waals surface area contributed by atoms with E-state index in [1.807, 2.05) is 28.1 Å². The Morgan fingerprint density at radius 3 is 1.25 bits per heavy atom. The van der Waals surface area contributed by atoms with Gasteiger partial charge < -0.3 is 34.0 Å². The Morgan fingerprint density at radius 2 is 0.844 bits per heavy atom. The summed E-state index contributed by atoms with van der Waals surface area (Å²) in [5.74, 6) is -0.329. The molecule has 1 amide bonds. The van der Waals surface area contributed by atoms with Crippen LogP contribution in [-0.2, 0) is 18.4 Å². The van der Waals surface area contributed by atoms with Crippen LogP contribution in [0, 0.1) is 0 Å². The van der Waals surface area contributed by atoms with Crippen LogP contribution in [0.1, 0.15) is 174 Å². The standard InChI is InChI=1S/C67H107N2O7P/c1-6-8-10-12-14-16-18-20-21-22-23-24-25-26-27-28-29-30-31-32-33-34-35-36-37-38-39-40-41-42-43-44-45-46-47-48-50-52-54-56-58-60-66(71)68-64(63-76-77(73,74)75-62-61-69(3,4)5)67(72)65(70)59-57-55-53-51-49-19-17-15-13-11-9-7-2/h7-10,14-17,20-21,23-24,26-27,29-30,32-33,35-36,38-39,41-42,44-45,47-48,51,53,64-65,67,70,72H,6,11-13,18-19,22,25,28,31,34,37,40,43,46,49-50,52,54-63H2,1-5H3,(H-,68,71,73,74)/b9-7+,10-8-,16-14-,17-15+,21-20-,24-23-,27-26-,30-29-,33-32-,36-35-,39-38-,42-41-,45-44-,48-47-,53-51+. The molecule has 10 heteroatoms. The van der Waals surface area contributed by atoms with E-state index in [9.17, 15) is 24.5 Å². The zero-order chi connectivity index (χ0) is 56.4. The number of carbonyl (C=O) groups is 1. The van der Waals surface area contributed by atoms with E-state index < -0.39 is 32.7 Å². The van der Waals surface area contributed by atoms with E-state index in [2.05, 4.69) is 195 Å². The van der Waals surface area contributed by atoms with E-state index in [-0.39, 0.29) is 25.4 Å². The van der Waals surface area contributed by atoms with Crippen LogP contribution in [0.25, 0.3) is 0 Å². The van der Waals surface area contributed by atoms with Gasteiger partial charge >= 0.3 is 0 Å². The van der Waals surface area contributed by atoms with Crippen LogP contribution in [-0.4, -0.2) is 79.8 Å². The highest BCUT2D eigenvalue weighted by Crippen LogP contribution is 2.38. The minimum Gasteiger partial charge on any atom is -0.756 e. The summed E-state index contributed by atoms with van der Waals surface area (Å²) in [6, 6.07) is -1.13. The Hall–Kier alpha value is -4.44. The van der Waals surface area contributed by atoms with Crippen molar-refractivity contribution in [3.8, 4) is 0 Å². The Bertz CT molecular complexity index is 1920. The van der Waals surface area contributed by atoms with Crippen molar-refractivity contribution in [1.82, 2.24) is 5.32 Å². The van der Waals surface area contributed by atoms with Crippen molar-refractivity contribution in [1.29, 1.82) is 0 Å². The Balaban J connectivity index is 4.27. The third kappa shape index (κ3) is 56.1. The second-order valence-electron chi connectivity index (χ2n) is 20.0. The van der Waals surface area contributed by atoms with E-state index in [1.165, 1.54) is 0 Å². The van der Waals surface area contributed by atoms with Gasteiger partial charge in [0.1, 0.15) is 19.3 Å². The lowest BCUT2D eigenvalue weighted by Crippen LogP contribution is -2.51. The predicted octanol–water partition coefficient (Wildman–Crippen LogP) is 16.5. The maximum atomic E-state index is 13.0. The van der Waals surface area contributed by atoms with Crippen molar-refractivity contribution in [3.63, 3.8) is 0 Å². The van der Waals surface area contributed by atoms with Crippen LogP contribution in [0.4, 0.5) is 0 Å². The minimum absolute atomic E-state index is 0.0660. The van der Waals surface area contributed by atoms with Gasteiger partial charge in [-0.2, -0.15) is 0 Å². The molecule has 77 heavy (non-hydrogen) atoms. The summed E-state index contributed by atoms with van der Waals surface area (Å²) in [5.41, 5.74) is 0. The lowest BCUT2D eigenvalue weighted by atomic mass is 10.0. The smallest absolute Gasteiger partial charge is 0.268 e. The Kier molecular flexibility index (Phi) is 51.7. The maximum absolute atomic E-state index is 13.0. The number of hydrogen-bond donors (Lipinski definition) is 3. The summed E-state index contributed by atoms with van der Waals surface area (Å²) >= 11 is 0. The molecule has 3 N–H and O–H groups in total. The van der Waals surface area contributed by atoms with E-state index in [4.69, 9.17) is 9.05 Å². The molecule has 0 aliphatic carbocycles. The van der Waals surface area contributed by atoms with Gasteiger partial charge in [0.2, 0.25) is 5.91 Å². The second kappa shape index (κ2) is 54.9. The number of quaternary nitrogens is 1. The molecule has 0 fully saturated rings. The molecule has 0 aliphatic heterocycles. The van der Waals surface area contributed by atoms with Gasteiger partial charge in [-0.15, -0.1) is 0 Å². The Labute approximate surface area is 470 Å². The van der Waals surface area contributed by atoms with Crippen molar-refractivity contribution in [2.45, 2.75) is 193 Å². The fraction of sp³-hybridized carbons (Fsp3) is 0.537. The number of carbonyl (C=O) groups excluding carboxylic acids is 1. The van der Waals surface area contributed by atoms with Crippen molar-refractivity contribution < 1.29 is 38.0 Å². The van der Waals surface area contributed by atoms with Crippen molar-refractivity contribution in [2.24, 2.45) is 0 Å². The molecule has 4 atom stereocenters. The van der Waals surface area contributed by atoms with Gasteiger partial charge in [-0.1, -0.05) is 202 Å². The molecule has 0 aromatic carbocycles. The molecule has 4 unspecified atom stereocenters. The number of phosphoric ester groups is 1. The number of allylic oxidation sites excluding steroid dienone is 30. The molecule has 0 rings (SSSR count). The molecule has 0 spiro atoms. The number of amides is 1. The van der Waals surface area contributed by atoms with E-state index in [0.29, 0.717) is 23.9 Å². The highest BCUT2D eigenvalue weighted by atomic mass is 31.2. The molecule has 0 aromatic rings. The second-order valence-corrected chi connectivity index (χ2v) is 21.4. The summed E-state index contributed by atoms with van der Waals surface area (Å²) in [7, 11) is 1.04. The number of nitrogens with one attached hydrogen (secondary N) is 1. The molecule has 432 valence electrons. The minimum atomic E-state index is -4.71. The number of aliphatic hydroxyl groups is 2. The maximum Gasteiger partial charge on any atom is 0.268 e. The van der Waals surface area contributed by atoms with Gasteiger partial charge in [-0.25, -0.2) is 0 Å². The Morgan fingerprint density at radius 1 is 0.494 bits per heavy atom. The first-order chi connectivity index (χ1) is 37.4. The summed E-state index contributed by atoms with van der Waals surface area (Å²) in [4.78, 5) is 25.5. The number of nitrogens with zero attached hydrogens (tertiary/aromatic N) is 1. The molecular formula is C67H107N2O7P. The van der Waals surface area contributed by atoms with Crippen LogP contribution in [0.3, 0.4) is 0 Å². The molecule has 0 saturated heterocycles. The number of likely N-dealkylation sites (N-methyl/N-ethyl adjacent to an activating group) is 1. The number of aliphatic hydroxyl groups excluding tert-OH is 2. The molecule has 0 saturated carbocycles. The lowest BCUT2D eigenvalue weighted by molar-refractivity contribution is -0.870. The highest BCUT2D eigenvalue weighted by Gasteiger charge is 2.29. The number of hydrogen-bond acceptors (Lipinski definition) is 7. The monoisotopic (exact) mass is 1080 g/mol. The highest BCUT2D eigenvalue weighted by molar-refractivity contribution is 7.45. The molecule has 0 aromatic heterocycles. The number of rotatable bonds is 50. The molecule has 0 bridgehead atoms. The third-order valence-corrected chi connectivity index (χ3v) is 12.7. The zero-order valence-corrected chi connectivity index (χ0v) is 49.6. The molecule has 0 heterocycles. The number of unbranched alkanes of at least 4 members (excludes halogenated alkanes) is 7. The van der Waals surface area contributed by atoms with Crippen molar-refractivity contribution >= 4 is 13.7 Å². The average Bonchev–Trinajstić information content (AvgIpc) is 3.39. The van der Waals surface area contributed by atoms with Gasteiger partial charge in [0, 0.05) is 6.42 Å². The largest absolute Gasteiger partial charge is 0.756 e. The van der Waals surface area contributed by atoms with Crippen molar-refractivity contribution in [2.75, 3.05) is 40.9 Å². The first-order valence-corrected chi connectivity index (χ1v) is 30.6. The summed E-state index contributed by atoms with van der Waals surface area (Å²) in [6.07, 6.45) is 85.6. The van der Waals surface area contributed by atoms with E-state index >= 15 is 0 Å². The van der Waals surface area contributed by atoms with Crippen molar-refractivity contribution in [3.05, 3.63) is 182 Å². The van der Waals surface area contributed by atoms with E-state index in [0.717, 1.165) is 135 Å². The topological polar surface area (TPSA) is 128 Å². The molecule has 0 aliphatic rings.